The molecule has 2 heterocycles. The van der Waals surface area contributed by atoms with Gasteiger partial charge in [0.15, 0.2) is 0 Å². The molecule has 1 aromatic heterocycles. The molecular formula is C15H21N3O2. The number of nitrogens with zero attached hydrogens (tertiary/aromatic N) is 2. The maximum absolute atomic E-state index is 12.6. The summed E-state index contributed by atoms with van der Waals surface area (Å²) in [5.74, 6) is 0.445. The average molecular weight is 275 g/mol. The minimum absolute atomic E-state index is 0.0232. The summed E-state index contributed by atoms with van der Waals surface area (Å²) in [6, 6.07) is 1.96. The Labute approximate surface area is 119 Å². The number of aromatic nitrogens is 1. The lowest BCUT2D eigenvalue weighted by molar-refractivity contribution is 0.0701. The highest BCUT2D eigenvalue weighted by molar-refractivity contribution is 5.97. The maximum Gasteiger partial charge on any atom is 0.257 e. The highest BCUT2D eigenvalue weighted by Gasteiger charge is 2.35. The van der Waals surface area contributed by atoms with Gasteiger partial charge in [0.05, 0.1) is 11.8 Å². The largest absolute Gasteiger partial charge is 0.505 e. The van der Waals surface area contributed by atoms with Crippen molar-refractivity contribution in [2.24, 2.45) is 5.92 Å². The zero-order valence-electron chi connectivity index (χ0n) is 11.6. The molecular weight excluding hydrogens is 254 g/mol. The van der Waals surface area contributed by atoms with E-state index in [-0.39, 0.29) is 11.7 Å². The van der Waals surface area contributed by atoms with Gasteiger partial charge in [-0.1, -0.05) is 0 Å². The standard InChI is InChI=1S/C15H21N3O2/c19-14-9-17-7-5-13(14)15(20)18(12-3-4-12)10-11-2-1-6-16-8-11/h5,7,9,11-12,16,19H,1-4,6,8,10H2. The summed E-state index contributed by atoms with van der Waals surface area (Å²) in [7, 11) is 0. The van der Waals surface area contributed by atoms with Gasteiger partial charge in [-0.15, -0.1) is 0 Å². The molecule has 1 saturated heterocycles. The quantitative estimate of drug-likeness (QED) is 0.871. The van der Waals surface area contributed by atoms with E-state index >= 15 is 0 Å². The monoisotopic (exact) mass is 275 g/mol. The minimum atomic E-state index is -0.0574. The van der Waals surface area contributed by atoms with Crippen LogP contribution in [0.5, 0.6) is 5.75 Å². The van der Waals surface area contributed by atoms with Gasteiger partial charge in [-0.25, -0.2) is 0 Å². The Hall–Kier alpha value is -1.62. The summed E-state index contributed by atoms with van der Waals surface area (Å²) in [6.07, 6.45) is 7.40. The number of hydrogen-bond donors (Lipinski definition) is 2. The molecule has 108 valence electrons. The molecule has 2 fully saturated rings. The van der Waals surface area contributed by atoms with E-state index in [1.807, 2.05) is 4.90 Å². The van der Waals surface area contributed by atoms with E-state index in [0.29, 0.717) is 17.5 Å². The highest BCUT2D eigenvalue weighted by Crippen LogP contribution is 2.31. The number of carbonyl (C=O) groups excluding carboxylic acids is 1. The number of nitrogens with one attached hydrogen (secondary N) is 1. The number of amides is 1. The first-order valence-corrected chi connectivity index (χ1v) is 7.40. The molecule has 0 radical (unpaired) electrons. The van der Waals surface area contributed by atoms with Gasteiger partial charge in [0.2, 0.25) is 0 Å². The van der Waals surface area contributed by atoms with Gasteiger partial charge in [0, 0.05) is 18.8 Å². The molecule has 2 aliphatic rings. The Morgan fingerprint density at radius 3 is 2.95 bits per heavy atom. The molecule has 1 saturated carbocycles. The second-order valence-electron chi connectivity index (χ2n) is 5.79. The number of rotatable bonds is 4. The van der Waals surface area contributed by atoms with E-state index in [1.54, 1.807) is 12.3 Å². The molecule has 20 heavy (non-hydrogen) atoms. The van der Waals surface area contributed by atoms with Crippen molar-refractivity contribution in [3.8, 4) is 5.75 Å². The number of aromatic hydroxyl groups is 1. The smallest absolute Gasteiger partial charge is 0.257 e. The van der Waals surface area contributed by atoms with Crippen LogP contribution in [-0.4, -0.2) is 46.6 Å². The lowest BCUT2D eigenvalue weighted by atomic mass is 9.98. The van der Waals surface area contributed by atoms with E-state index in [4.69, 9.17) is 0 Å². The highest BCUT2D eigenvalue weighted by atomic mass is 16.3. The molecule has 0 bridgehead atoms. The molecule has 3 rings (SSSR count). The Kier molecular flexibility index (Phi) is 3.87. The van der Waals surface area contributed by atoms with Gasteiger partial charge in [-0.2, -0.15) is 0 Å². The molecule has 1 atom stereocenters. The van der Waals surface area contributed by atoms with Crippen LogP contribution in [0.25, 0.3) is 0 Å². The van der Waals surface area contributed by atoms with Gasteiger partial charge >= 0.3 is 0 Å². The van der Waals surface area contributed by atoms with Crippen molar-refractivity contribution in [2.45, 2.75) is 31.7 Å². The predicted molar refractivity (Wildman–Crippen MR) is 75.6 cm³/mol. The molecule has 0 aromatic carbocycles. The van der Waals surface area contributed by atoms with Crippen LogP contribution in [0.2, 0.25) is 0 Å². The first-order valence-electron chi connectivity index (χ1n) is 7.40. The fourth-order valence-corrected chi connectivity index (χ4v) is 2.86. The summed E-state index contributed by atoms with van der Waals surface area (Å²) >= 11 is 0. The number of pyridine rings is 1. The fourth-order valence-electron chi connectivity index (χ4n) is 2.86. The first-order chi connectivity index (χ1) is 9.75. The van der Waals surface area contributed by atoms with Crippen LogP contribution in [-0.2, 0) is 0 Å². The lowest BCUT2D eigenvalue weighted by Gasteiger charge is -2.30. The number of piperidine rings is 1. The second kappa shape index (κ2) is 5.79. The number of carbonyl (C=O) groups is 1. The van der Waals surface area contributed by atoms with Crippen molar-refractivity contribution in [1.82, 2.24) is 15.2 Å². The predicted octanol–water partition coefficient (Wildman–Crippen LogP) is 1.39. The molecule has 1 aromatic rings. The van der Waals surface area contributed by atoms with Crippen LogP contribution in [0, 0.1) is 5.92 Å². The van der Waals surface area contributed by atoms with Crippen molar-refractivity contribution in [3.63, 3.8) is 0 Å². The molecule has 5 heteroatoms. The van der Waals surface area contributed by atoms with Gasteiger partial charge in [0.25, 0.3) is 5.91 Å². The summed E-state index contributed by atoms with van der Waals surface area (Å²) in [4.78, 5) is 18.4. The molecule has 2 N–H and O–H groups in total. The zero-order chi connectivity index (χ0) is 13.9. The SMILES string of the molecule is O=C(c1ccncc1O)N(CC1CCCNC1)C1CC1. The van der Waals surface area contributed by atoms with Gasteiger partial charge in [-0.3, -0.25) is 9.78 Å². The third-order valence-corrected chi connectivity index (χ3v) is 4.13. The Balaban J connectivity index is 1.73. The van der Waals surface area contributed by atoms with Crippen molar-refractivity contribution < 1.29 is 9.90 Å². The topological polar surface area (TPSA) is 65.5 Å². The van der Waals surface area contributed by atoms with Crippen LogP contribution in [0.1, 0.15) is 36.0 Å². The normalized spacial score (nSPS) is 22.5. The maximum atomic E-state index is 12.6. The third-order valence-electron chi connectivity index (χ3n) is 4.13. The summed E-state index contributed by atoms with van der Waals surface area (Å²) in [5.41, 5.74) is 0.371. The summed E-state index contributed by atoms with van der Waals surface area (Å²) in [5, 5.41) is 13.2. The van der Waals surface area contributed by atoms with Crippen LogP contribution < -0.4 is 5.32 Å². The van der Waals surface area contributed by atoms with E-state index in [9.17, 15) is 9.90 Å². The van der Waals surface area contributed by atoms with Crippen LogP contribution in [0.3, 0.4) is 0 Å². The second-order valence-corrected chi connectivity index (χ2v) is 5.79. The fraction of sp³-hybridized carbons (Fsp3) is 0.600. The average Bonchev–Trinajstić information content (AvgIpc) is 3.30. The van der Waals surface area contributed by atoms with E-state index in [1.165, 1.54) is 19.0 Å². The first kappa shape index (κ1) is 13.4. The summed E-state index contributed by atoms with van der Waals surface area (Å²) < 4.78 is 0. The molecule has 1 aliphatic carbocycles. The van der Waals surface area contributed by atoms with E-state index in [0.717, 1.165) is 32.5 Å². The minimum Gasteiger partial charge on any atom is -0.505 e. The van der Waals surface area contributed by atoms with Gasteiger partial charge in [-0.05, 0) is 50.8 Å². The Morgan fingerprint density at radius 2 is 2.30 bits per heavy atom. The molecule has 1 amide bonds. The molecule has 0 spiro atoms. The van der Waals surface area contributed by atoms with Crippen molar-refractivity contribution >= 4 is 5.91 Å². The van der Waals surface area contributed by atoms with E-state index in [2.05, 4.69) is 10.3 Å². The Bertz CT molecular complexity index is 482. The molecule has 1 aliphatic heterocycles. The van der Waals surface area contributed by atoms with Crippen LogP contribution in [0.4, 0.5) is 0 Å². The number of hydrogen-bond acceptors (Lipinski definition) is 4. The van der Waals surface area contributed by atoms with Crippen LogP contribution in [0.15, 0.2) is 18.5 Å². The van der Waals surface area contributed by atoms with Crippen LogP contribution >= 0.6 is 0 Å². The summed E-state index contributed by atoms with van der Waals surface area (Å²) in [6.45, 7) is 2.86. The Morgan fingerprint density at radius 1 is 1.45 bits per heavy atom. The zero-order valence-corrected chi connectivity index (χ0v) is 11.6. The molecule has 1 unspecified atom stereocenters. The van der Waals surface area contributed by atoms with E-state index < -0.39 is 0 Å². The van der Waals surface area contributed by atoms with Crippen molar-refractivity contribution in [1.29, 1.82) is 0 Å². The third kappa shape index (κ3) is 2.93. The van der Waals surface area contributed by atoms with Crippen molar-refractivity contribution in [3.05, 3.63) is 24.0 Å². The van der Waals surface area contributed by atoms with Gasteiger partial charge in [0.1, 0.15) is 5.75 Å². The van der Waals surface area contributed by atoms with Crippen molar-refractivity contribution in [2.75, 3.05) is 19.6 Å². The molecule has 5 nitrogen and oxygen atoms in total. The lowest BCUT2D eigenvalue weighted by Crippen LogP contribution is -2.42. The van der Waals surface area contributed by atoms with Gasteiger partial charge < -0.3 is 15.3 Å².